The number of carbonyl (C=O) groups excluding carboxylic acids is 2. The molecule has 2 heterocycles. The van der Waals surface area contributed by atoms with Gasteiger partial charge in [0, 0.05) is 17.0 Å². The van der Waals surface area contributed by atoms with Crippen molar-refractivity contribution in [2.75, 3.05) is 16.6 Å². The molecule has 0 aliphatic carbocycles. The molecule has 1 fully saturated rings. The molecule has 1 unspecified atom stereocenters. The van der Waals surface area contributed by atoms with E-state index in [9.17, 15) is 18.0 Å². The fraction of sp³-hybridized carbons (Fsp3) is 0.294. The van der Waals surface area contributed by atoms with Gasteiger partial charge in [0.15, 0.2) is 0 Å². The molecule has 1 aliphatic rings. The second-order valence-electron chi connectivity index (χ2n) is 5.92. The fourth-order valence-corrected chi connectivity index (χ4v) is 5.24. The maximum atomic E-state index is 12.3. The molecule has 25 heavy (non-hydrogen) atoms. The highest BCUT2D eigenvalue weighted by molar-refractivity contribution is 7.94. The molecule has 132 valence electrons. The SMILES string of the molecule is CC1CS(=O)(=O)N(c2cccc(C(=O)NCCc3cccs3)c2)C1=O. The zero-order chi connectivity index (χ0) is 18.0. The number of nitrogens with zero attached hydrogens (tertiary/aromatic N) is 1. The van der Waals surface area contributed by atoms with E-state index >= 15 is 0 Å². The predicted octanol–water partition coefficient (Wildman–Crippen LogP) is 2.03. The maximum absolute atomic E-state index is 12.3. The van der Waals surface area contributed by atoms with Crippen LogP contribution >= 0.6 is 11.3 Å². The first-order chi connectivity index (χ1) is 11.9. The van der Waals surface area contributed by atoms with E-state index in [2.05, 4.69) is 5.32 Å². The van der Waals surface area contributed by atoms with E-state index in [1.54, 1.807) is 30.4 Å². The second-order valence-corrected chi connectivity index (χ2v) is 8.81. The van der Waals surface area contributed by atoms with Crippen LogP contribution in [0.4, 0.5) is 5.69 Å². The van der Waals surface area contributed by atoms with Crippen LogP contribution in [-0.4, -0.2) is 32.5 Å². The number of nitrogens with one attached hydrogen (secondary N) is 1. The van der Waals surface area contributed by atoms with E-state index in [0.717, 1.165) is 10.7 Å². The summed E-state index contributed by atoms with van der Waals surface area (Å²) < 4.78 is 25.2. The van der Waals surface area contributed by atoms with E-state index in [4.69, 9.17) is 0 Å². The lowest BCUT2D eigenvalue weighted by Gasteiger charge is -2.16. The third-order valence-electron chi connectivity index (χ3n) is 3.94. The van der Waals surface area contributed by atoms with Gasteiger partial charge in [0.2, 0.25) is 15.9 Å². The van der Waals surface area contributed by atoms with Gasteiger partial charge in [-0.05, 0) is 36.1 Å². The minimum absolute atomic E-state index is 0.205. The second kappa shape index (κ2) is 6.97. The van der Waals surface area contributed by atoms with Crippen molar-refractivity contribution in [3.05, 3.63) is 52.2 Å². The number of sulfonamides is 1. The first-order valence-corrected chi connectivity index (χ1v) is 10.3. The molecule has 0 bridgehead atoms. The van der Waals surface area contributed by atoms with Crippen LogP contribution in [0.1, 0.15) is 22.2 Å². The van der Waals surface area contributed by atoms with Crippen molar-refractivity contribution in [2.24, 2.45) is 5.92 Å². The summed E-state index contributed by atoms with van der Waals surface area (Å²) in [5.41, 5.74) is 0.534. The summed E-state index contributed by atoms with van der Waals surface area (Å²) in [5.74, 6) is -1.54. The summed E-state index contributed by atoms with van der Waals surface area (Å²) in [7, 11) is -3.67. The van der Waals surface area contributed by atoms with E-state index < -0.39 is 21.8 Å². The van der Waals surface area contributed by atoms with E-state index in [-0.39, 0.29) is 17.3 Å². The van der Waals surface area contributed by atoms with E-state index in [0.29, 0.717) is 12.1 Å². The molecule has 1 saturated heterocycles. The third kappa shape index (κ3) is 3.74. The number of carbonyl (C=O) groups is 2. The summed E-state index contributed by atoms with van der Waals surface area (Å²) in [5, 5.41) is 4.79. The molecule has 2 amide bonds. The average Bonchev–Trinajstić information content (AvgIpc) is 3.14. The Morgan fingerprint density at radius 1 is 1.32 bits per heavy atom. The first kappa shape index (κ1) is 17.6. The number of anilines is 1. The van der Waals surface area contributed by atoms with Gasteiger partial charge in [-0.25, -0.2) is 12.7 Å². The Morgan fingerprint density at radius 3 is 2.76 bits per heavy atom. The molecule has 8 heteroatoms. The average molecular weight is 378 g/mol. The van der Waals surface area contributed by atoms with Crippen LogP contribution in [0.3, 0.4) is 0 Å². The van der Waals surface area contributed by atoms with Crippen molar-refractivity contribution in [1.82, 2.24) is 5.32 Å². The monoisotopic (exact) mass is 378 g/mol. The van der Waals surface area contributed by atoms with Gasteiger partial charge >= 0.3 is 0 Å². The number of hydrogen-bond donors (Lipinski definition) is 1. The van der Waals surface area contributed by atoms with Crippen LogP contribution < -0.4 is 9.62 Å². The topological polar surface area (TPSA) is 83.6 Å². The number of amides is 2. The molecule has 1 atom stereocenters. The maximum Gasteiger partial charge on any atom is 0.251 e. The summed E-state index contributed by atoms with van der Waals surface area (Å²) >= 11 is 1.63. The van der Waals surface area contributed by atoms with Gasteiger partial charge in [-0.2, -0.15) is 0 Å². The van der Waals surface area contributed by atoms with Crippen molar-refractivity contribution in [2.45, 2.75) is 13.3 Å². The standard InChI is InChI=1S/C17H18N2O4S2/c1-12-11-25(22,23)19(17(12)21)14-5-2-4-13(10-14)16(20)18-8-7-15-6-3-9-24-15/h2-6,9-10,12H,7-8,11H2,1H3,(H,18,20). The summed E-state index contributed by atoms with van der Waals surface area (Å²) in [4.78, 5) is 25.6. The van der Waals surface area contributed by atoms with E-state index in [1.807, 2.05) is 17.5 Å². The third-order valence-corrected chi connectivity index (χ3v) is 6.74. The van der Waals surface area contributed by atoms with Crippen molar-refractivity contribution < 1.29 is 18.0 Å². The van der Waals surface area contributed by atoms with Gasteiger partial charge in [-0.1, -0.05) is 19.1 Å². The minimum Gasteiger partial charge on any atom is -0.352 e. The number of benzene rings is 1. The van der Waals surface area contributed by atoms with Crippen LogP contribution in [0, 0.1) is 5.92 Å². The van der Waals surface area contributed by atoms with Gasteiger partial charge in [-0.15, -0.1) is 11.3 Å². The molecule has 1 N–H and O–H groups in total. The Balaban J connectivity index is 1.73. The molecule has 2 aromatic rings. The lowest BCUT2D eigenvalue weighted by Crippen LogP contribution is -2.31. The number of thiophene rings is 1. The first-order valence-electron chi connectivity index (χ1n) is 7.86. The molecule has 0 spiro atoms. The Bertz CT molecular complexity index is 891. The molecular formula is C17H18N2O4S2. The predicted molar refractivity (Wildman–Crippen MR) is 97.2 cm³/mol. The highest BCUT2D eigenvalue weighted by Crippen LogP contribution is 2.28. The summed E-state index contributed by atoms with van der Waals surface area (Å²) in [6, 6.07) is 10.1. The molecule has 3 rings (SSSR count). The quantitative estimate of drug-likeness (QED) is 0.863. The van der Waals surface area contributed by atoms with Crippen LogP contribution in [0.25, 0.3) is 0 Å². The van der Waals surface area contributed by atoms with Crippen molar-refractivity contribution in [3.63, 3.8) is 0 Å². The summed E-state index contributed by atoms with van der Waals surface area (Å²) in [6.45, 7) is 2.07. The fourth-order valence-electron chi connectivity index (χ4n) is 2.72. The van der Waals surface area contributed by atoms with Gasteiger partial charge < -0.3 is 5.32 Å². The molecule has 1 aromatic carbocycles. The molecule has 1 aromatic heterocycles. The Kier molecular flexibility index (Phi) is 4.91. The molecule has 0 saturated carbocycles. The molecule has 6 nitrogen and oxygen atoms in total. The lowest BCUT2D eigenvalue weighted by atomic mass is 10.1. The van der Waals surface area contributed by atoms with Crippen LogP contribution in [0.2, 0.25) is 0 Å². The van der Waals surface area contributed by atoms with Gasteiger partial charge in [0.05, 0.1) is 17.4 Å². The van der Waals surface area contributed by atoms with Crippen molar-refractivity contribution in [1.29, 1.82) is 0 Å². The van der Waals surface area contributed by atoms with Crippen molar-refractivity contribution >= 4 is 38.9 Å². The van der Waals surface area contributed by atoms with Crippen LogP contribution in [0.15, 0.2) is 41.8 Å². The lowest BCUT2D eigenvalue weighted by molar-refractivity contribution is -0.119. The minimum atomic E-state index is -3.67. The zero-order valence-electron chi connectivity index (χ0n) is 13.6. The molecular weight excluding hydrogens is 360 g/mol. The highest BCUT2D eigenvalue weighted by Gasteiger charge is 2.42. The van der Waals surface area contributed by atoms with Gasteiger partial charge in [0.25, 0.3) is 5.91 Å². The Labute approximate surface area is 150 Å². The number of hydrogen-bond acceptors (Lipinski definition) is 5. The van der Waals surface area contributed by atoms with Gasteiger partial charge in [0.1, 0.15) is 0 Å². The Hall–Kier alpha value is -2.19. The molecule has 1 aliphatic heterocycles. The smallest absolute Gasteiger partial charge is 0.251 e. The van der Waals surface area contributed by atoms with Crippen LogP contribution in [-0.2, 0) is 21.2 Å². The largest absolute Gasteiger partial charge is 0.352 e. The highest BCUT2D eigenvalue weighted by atomic mass is 32.2. The zero-order valence-corrected chi connectivity index (χ0v) is 15.3. The van der Waals surface area contributed by atoms with Crippen LogP contribution in [0.5, 0.6) is 0 Å². The van der Waals surface area contributed by atoms with Crippen molar-refractivity contribution in [3.8, 4) is 0 Å². The Morgan fingerprint density at radius 2 is 2.12 bits per heavy atom. The summed E-state index contributed by atoms with van der Waals surface area (Å²) in [6.07, 6.45) is 0.736. The van der Waals surface area contributed by atoms with Gasteiger partial charge in [-0.3, -0.25) is 9.59 Å². The number of rotatable bonds is 5. The normalized spacial score (nSPS) is 19.2. The van der Waals surface area contributed by atoms with E-state index in [1.165, 1.54) is 17.0 Å². The molecule has 0 radical (unpaired) electrons.